The Balaban J connectivity index is 2.27. The van der Waals surface area contributed by atoms with Gasteiger partial charge in [-0.25, -0.2) is 12.8 Å². The van der Waals surface area contributed by atoms with Crippen molar-refractivity contribution in [3.05, 3.63) is 46.4 Å². The highest BCUT2D eigenvalue weighted by Gasteiger charge is 2.28. The predicted octanol–water partition coefficient (Wildman–Crippen LogP) is 2.72. The first-order valence-corrected chi connectivity index (χ1v) is 8.70. The van der Waals surface area contributed by atoms with E-state index in [1.54, 1.807) is 18.3 Å². The Hall–Kier alpha value is -1.44. The molecule has 1 atom stereocenters. The van der Waals surface area contributed by atoms with Gasteiger partial charge in [0.15, 0.2) is 0 Å². The number of nitrogens with two attached hydrogens (primary N) is 1. The molecule has 0 aliphatic carbocycles. The zero-order chi connectivity index (χ0) is 15.6. The molecule has 0 spiro atoms. The molecule has 0 aliphatic heterocycles. The summed E-state index contributed by atoms with van der Waals surface area (Å²) in [6, 6.07) is 7.14. The van der Waals surface area contributed by atoms with Crippen LogP contribution in [0.2, 0.25) is 0 Å². The van der Waals surface area contributed by atoms with Gasteiger partial charge in [-0.05, 0) is 43.0 Å². The lowest BCUT2D eigenvalue weighted by molar-refractivity contribution is 0.385. The van der Waals surface area contributed by atoms with Gasteiger partial charge >= 0.3 is 0 Å². The molecule has 7 heteroatoms. The third-order valence-corrected chi connectivity index (χ3v) is 6.20. The molecule has 2 N–H and O–H groups in total. The number of hydrogen-bond donors (Lipinski definition) is 1. The van der Waals surface area contributed by atoms with E-state index in [4.69, 9.17) is 5.73 Å². The maximum Gasteiger partial charge on any atom is 0.246 e. The summed E-state index contributed by atoms with van der Waals surface area (Å²) in [5.41, 5.74) is 5.78. The topological polar surface area (TPSA) is 63.4 Å². The zero-order valence-electron chi connectivity index (χ0n) is 11.8. The van der Waals surface area contributed by atoms with Crippen LogP contribution in [0.3, 0.4) is 0 Å². The van der Waals surface area contributed by atoms with E-state index in [1.165, 1.54) is 17.4 Å². The molecule has 0 radical (unpaired) electrons. The van der Waals surface area contributed by atoms with Crippen molar-refractivity contribution in [1.29, 1.82) is 0 Å². The van der Waals surface area contributed by atoms with Crippen molar-refractivity contribution in [2.45, 2.75) is 24.3 Å². The van der Waals surface area contributed by atoms with Gasteiger partial charge in [0, 0.05) is 23.7 Å². The fourth-order valence-electron chi connectivity index (χ4n) is 1.96. The number of thiophene rings is 1. The number of rotatable bonds is 5. The maximum absolute atomic E-state index is 13.8. The van der Waals surface area contributed by atoms with Gasteiger partial charge in [0.2, 0.25) is 10.0 Å². The Bertz CT molecular complexity index is 715. The number of anilines is 1. The van der Waals surface area contributed by atoms with Gasteiger partial charge in [0.25, 0.3) is 0 Å². The summed E-state index contributed by atoms with van der Waals surface area (Å²) in [5.74, 6) is -0.792. The average Bonchev–Trinajstić information content (AvgIpc) is 2.93. The van der Waals surface area contributed by atoms with Crippen LogP contribution in [0.25, 0.3) is 0 Å². The van der Waals surface area contributed by atoms with E-state index in [0.717, 1.165) is 17.0 Å². The smallest absolute Gasteiger partial charge is 0.246 e. The molecular formula is C14H17FN2O2S2. The lowest BCUT2D eigenvalue weighted by Gasteiger charge is -2.24. The van der Waals surface area contributed by atoms with Crippen molar-refractivity contribution in [2.24, 2.45) is 0 Å². The molecule has 1 heterocycles. The number of hydrogen-bond acceptors (Lipinski definition) is 4. The molecule has 0 aliphatic rings. The van der Waals surface area contributed by atoms with Crippen LogP contribution in [0.4, 0.5) is 10.1 Å². The molecule has 114 valence electrons. The van der Waals surface area contributed by atoms with Crippen LogP contribution in [0, 0.1) is 5.82 Å². The third-order valence-electron chi connectivity index (χ3n) is 3.31. The SMILES string of the molecule is CC(Cc1cccs1)N(C)S(=O)(=O)c1cc(N)ccc1F. The summed E-state index contributed by atoms with van der Waals surface area (Å²) < 4.78 is 40.0. The Kier molecular flexibility index (Phi) is 4.65. The largest absolute Gasteiger partial charge is 0.399 e. The Morgan fingerprint density at radius 2 is 2.10 bits per heavy atom. The van der Waals surface area contributed by atoms with Crippen LogP contribution in [-0.4, -0.2) is 25.8 Å². The summed E-state index contributed by atoms with van der Waals surface area (Å²) in [5, 5.41) is 1.94. The van der Waals surface area contributed by atoms with E-state index in [1.807, 2.05) is 17.5 Å². The molecule has 4 nitrogen and oxygen atoms in total. The first-order valence-electron chi connectivity index (χ1n) is 6.38. The lowest BCUT2D eigenvalue weighted by atomic mass is 10.2. The fraction of sp³-hybridized carbons (Fsp3) is 0.286. The molecule has 0 amide bonds. The average molecular weight is 328 g/mol. The van der Waals surface area contributed by atoms with Crippen LogP contribution in [0.1, 0.15) is 11.8 Å². The number of nitrogen functional groups attached to an aromatic ring is 1. The number of likely N-dealkylation sites (N-methyl/N-ethyl adjacent to an activating group) is 1. The van der Waals surface area contributed by atoms with E-state index in [0.29, 0.717) is 6.42 Å². The minimum Gasteiger partial charge on any atom is -0.399 e. The molecule has 1 aromatic carbocycles. The van der Waals surface area contributed by atoms with Crippen molar-refractivity contribution in [2.75, 3.05) is 12.8 Å². The first-order chi connectivity index (χ1) is 9.82. The van der Waals surface area contributed by atoms with E-state index in [2.05, 4.69) is 0 Å². The van der Waals surface area contributed by atoms with Crippen molar-refractivity contribution in [3.8, 4) is 0 Å². The molecule has 2 rings (SSSR count). The molecule has 0 saturated carbocycles. The quantitative estimate of drug-likeness (QED) is 0.858. The number of benzene rings is 1. The molecule has 0 bridgehead atoms. The minimum atomic E-state index is -3.91. The zero-order valence-corrected chi connectivity index (χ0v) is 13.4. The van der Waals surface area contributed by atoms with E-state index in [-0.39, 0.29) is 16.6 Å². The van der Waals surface area contributed by atoms with Crippen molar-refractivity contribution in [3.63, 3.8) is 0 Å². The van der Waals surface area contributed by atoms with Crippen LogP contribution >= 0.6 is 11.3 Å². The molecule has 2 aromatic rings. The Morgan fingerprint density at radius 1 is 1.38 bits per heavy atom. The van der Waals surface area contributed by atoms with Crippen LogP contribution in [0.5, 0.6) is 0 Å². The second kappa shape index (κ2) is 6.13. The van der Waals surface area contributed by atoms with E-state index >= 15 is 0 Å². The summed E-state index contributed by atoms with van der Waals surface area (Å²) in [4.78, 5) is 0.695. The first kappa shape index (κ1) is 15.9. The highest BCUT2D eigenvalue weighted by molar-refractivity contribution is 7.89. The summed E-state index contributed by atoms with van der Waals surface area (Å²) in [6.07, 6.45) is 0.581. The van der Waals surface area contributed by atoms with E-state index in [9.17, 15) is 12.8 Å². The van der Waals surface area contributed by atoms with Gasteiger partial charge in [-0.2, -0.15) is 4.31 Å². The number of sulfonamides is 1. The predicted molar refractivity (Wildman–Crippen MR) is 83.2 cm³/mol. The number of halogens is 1. The molecule has 0 saturated heterocycles. The molecule has 0 fully saturated rings. The van der Waals surface area contributed by atoms with Gasteiger partial charge in [-0.1, -0.05) is 6.07 Å². The van der Waals surface area contributed by atoms with E-state index < -0.39 is 15.8 Å². The molecular weight excluding hydrogens is 311 g/mol. The maximum atomic E-state index is 13.8. The van der Waals surface area contributed by atoms with Gasteiger partial charge in [0.05, 0.1) is 0 Å². The summed E-state index contributed by atoms with van der Waals surface area (Å²) >= 11 is 1.57. The molecule has 1 aromatic heterocycles. The normalized spacial score (nSPS) is 13.5. The molecule has 21 heavy (non-hydrogen) atoms. The third kappa shape index (κ3) is 3.42. The highest BCUT2D eigenvalue weighted by atomic mass is 32.2. The van der Waals surface area contributed by atoms with Crippen LogP contribution in [-0.2, 0) is 16.4 Å². The van der Waals surface area contributed by atoms with Crippen LogP contribution in [0.15, 0.2) is 40.6 Å². The van der Waals surface area contributed by atoms with Crippen molar-refractivity contribution < 1.29 is 12.8 Å². The van der Waals surface area contributed by atoms with Gasteiger partial charge in [0.1, 0.15) is 10.7 Å². The Morgan fingerprint density at radius 3 is 2.71 bits per heavy atom. The second-order valence-corrected chi connectivity index (χ2v) is 7.84. The van der Waals surface area contributed by atoms with Crippen molar-refractivity contribution >= 4 is 27.0 Å². The summed E-state index contributed by atoms with van der Waals surface area (Å²) in [6.45, 7) is 1.79. The number of nitrogens with zero attached hydrogens (tertiary/aromatic N) is 1. The second-order valence-electron chi connectivity index (χ2n) is 4.84. The van der Waals surface area contributed by atoms with Gasteiger partial charge in [-0.15, -0.1) is 11.3 Å². The lowest BCUT2D eigenvalue weighted by Crippen LogP contribution is -2.36. The Labute approximate surface area is 128 Å². The van der Waals surface area contributed by atoms with Gasteiger partial charge in [-0.3, -0.25) is 0 Å². The minimum absolute atomic E-state index is 0.217. The van der Waals surface area contributed by atoms with Gasteiger partial charge < -0.3 is 5.73 Å². The standard InChI is InChI=1S/C14H17FN2O2S2/c1-10(8-12-4-3-7-20-12)17(2)21(18,19)14-9-11(16)5-6-13(14)15/h3-7,9-10H,8,16H2,1-2H3. The monoisotopic (exact) mass is 328 g/mol. The molecule has 1 unspecified atom stereocenters. The summed E-state index contributed by atoms with van der Waals surface area (Å²) in [7, 11) is -2.46. The highest BCUT2D eigenvalue weighted by Crippen LogP contribution is 2.24. The fourth-order valence-corrected chi connectivity index (χ4v) is 4.24. The van der Waals surface area contributed by atoms with Crippen molar-refractivity contribution in [1.82, 2.24) is 4.31 Å². The van der Waals surface area contributed by atoms with Crippen LogP contribution < -0.4 is 5.73 Å².